The van der Waals surface area contributed by atoms with Crippen LogP contribution in [0.2, 0.25) is 0 Å². The molecule has 3 nitrogen and oxygen atoms in total. The van der Waals surface area contributed by atoms with Crippen molar-refractivity contribution in [2.75, 3.05) is 0 Å². The van der Waals surface area contributed by atoms with Gasteiger partial charge in [-0.3, -0.25) is 4.79 Å². The molecular weight excluding hydrogens is 575 g/mol. The molecule has 32 heavy (non-hydrogen) atoms. The second-order valence-corrected chi connectivity index (χ2v) is 8.83. The molecule has 1 unspecified atom stereocenters. The molecule has 169 valence electrons. The zero-order chi connectivity index (χ0) is 21.8. The molecule has 2 aromatic carbocycles. The van der Waals surface area contributed by atoms with E-state index in [2.05, 4.69) is 49.2 Å². The summed E-state index contributed by atoms with van der Waals surface area (Å²) >= 11 is 0. The summed E-state index contributed by atoms with van der Waals surface area (Å²) in [6, 6.07) is 19.8. The molecule has 0 bridgehead atoms. The van der Waals surface area contributed by atoms with E-state index in [1.54, 1.807) is 0 Å². The fraction of sp³-hybridized carbons (Fsp3) is 0.357. The molecule has 1 atom stereocenters. The molecule has 0 spiro atoms. The van der Waals surface area contributed by atoms with Crippen LogP contribution < -0.4 is 0 Å². The van der Waals surface area contributed by atoms with Crippen LogP contribution in [-0.2, 0) is 24.9 Å². The first-order valence-electron chi connectivity index (χ1n) is 11.4. The van der Waals surface area contributed by atoms with E-state index in [-0.39, 0.29) is 25.9 Å². The minimum Gasteiger partial charge on any atom is -0.512 e. The molecule has 5 rings (SSSR count). The zero-order valence-electron chi connectivity index (χ0n) is 18.7. The molecule has 1 heterocycles. The minimum absolute atomic E-state index is 0. The molecule has 0 aliphatic heterocycles. The van der Waals surface area contributed by atoms with Gasteiger partial charge in [0.25, 0.3) is 0 Å². The van der Waals surface area contributed by atoms with Gasteiger partial charge >= 0.3 is 0 Å². The van der Waals surface area contributed by atoms with Crippen molar-refractivity contribution in [1.29, 1.82) is 0 Å². The Morgan fingerprint density at radius 1 is 1.06 bits per heavy atom. The van der Waals surface area contributed by atoms with Crippen LogP contribution in [0, 0.1) is 12.0 Å². The molecule has 1 N–H and O–H groups in total. The molecule has 3 aromatic rings. The summed E-state index contributed by atoms with van der Waals surface area (Å²) in [5.74, 6) is 1.48. The first-order chi connectivity index (χ1) is 15.0. The van der Waals surface area contributed by atoms with Gasteiger partial charge < -0.3 is 10.1 Å². The summed E-state index contributed by atoms with van der Waals surface area (Å²) in [4.78, 5) is 16.0. The van der Waals surface area contributed by atoms with Crippen molar-refractivity contribution in [2.24, 2.45) is 5.92 Å². The van der Waals surface area contributed by atoms with Crippen LogP contribution in [0.15, 0.2) is 66.1 Å². The van der Waals surface area contributed by atoms with Gasteiger partial charge in [0.2, 0.25) is 0 Å². The van der Waals surface area contributed by atoms with E-state index in [9.17, 15) is 9.90 Å². The Balaban J connectivity index is 0.000000193. The van der Waals surface area contributed by atoms with Crippen molar-refractivity contribution in [2.45, 2.75) is 58.3 Å². The Kier molecular flexibility index (Phi) is 8.39. The maximum atomic E-state index is 11.4. The average molecular weight is 605 g/mol. The Bertz CT molecular complexity index is 1100. The standard InChI is InChI=1S/C18H16N.C10H14O2.Ir/c1-13(2)16-10-6-9-15-12-19-18(11-17(15)16)14-7-4-3-5-8-14;11-8-5-1-3-7-4-2-6-9(12)10(7)8;/h3-7,9-13H,1-2H3;7,11H,1-6H2;/q-1;;. The van der Waals surface area contributed by atoms with Gasteiger partial charge in [-0.05, 0) is 59.5 Å². The SMILES string of the molecule is CC(C)c1cccc2cnc(-c3[c-]cccc3)cc12.O=C1CCCC2CCCC(O)=C12.[Ir]. The van der Waals surface area contributed by atoms with Gasteiger partial charge in [0.05, 0.1) is 5.76 Å². The summed E-state index contributed by atoms with van der Waals surface area (Å²) in [6.45, 7) is 4.45. The number of pyridine rings is 1. The first-order valence-corrected chi connectivity index (χ1v) is 11.4. The normalized spacial score (nSPS) is 18.0. The Morgan fingerprint density at radius 2 is 1.84 bits per heavy atom. The number of carbonyl (C=O) groups is 1. The van der Waals surface area contributed by atoms with Crippen LogP contribution in [0.25, 0.3) is 22.0 Å². The second kappa shape index (κ2) is 11.0. The molecule has 0 saturated heterocycles. The third-order valence-electron chi connectivity index (χ3n) is 6.35. The van der Waals surface area contributed by atoms with E-state index in [1.165, 1.54) is 16.3 Å². The van der Waals surface area contributed by atoms with E-state index in [4.69, 9.17) is 0 Å². The number of aliphatic hydroxyl groups is 1. The molecule has 0 amide bonds. The predicted octanol–water partition coefficient (Wildman–Crippen LogP) is 7.17. The van der Waals surface area contributed by atoms with E-state index in [0.29, 0.717) is 24.0 Å². The van der Waals surface area contributed by atoms with Crippen molar-refractivity contribution in [3.8, 4) is 11.3 Å². The van der Waals surface area contributed by atoms with Crippen molar-refractivity contribution in [3.05, 3.63) is 77.7 Å². The van der Waals surface area contributed by atoms with Crippen LogP contribution in [-0.4, -0.2) is 15.9 Å². The number of allylic oxidation sites excluding steroid dienone is 2. The van der Waals surface area contributed by atoms with Gasteiger partial charge in [-0.15, -0.1) is 35.9 Å². The monoisotopic (exact) mass is 605 g/mol. The second-order valence-electron chi connectivity index (χ2n) is 8.83. The van der Waals surface area contributed by atoms with Gasteiger partial charge in [0, 0.05) is 44.7 Å². The Morgan fingerprint density at radius 3 is 2.53 bits per heavy atom. The number of ketones is 1. The van der Waals surface area contributed by atoms with E-state index < -0.39 is 0 Å². The molecule has 4 heteroatoms. The summed E-state index contributed by atoms with van der Waals surface area (Å²) < 4.78 is 0. The van der Waals surface area contributed by atoms with Crippen molar-refractivity contribution >= 4 is 16.6 Å². The minimum atomic E-state index is 0. The number of fused-ring (bicyclic) bond motifs is 2. The molecule has 1 fully saturated rings. The van der Waals surface area contributed by atoms with Crippen molar-refractivity contribution in [1.82, 2.24) is 4.98 Å². The topological polar surface area (TPSA) is 50.2 Å². The van der Waals surface area contributed by atoms with Crippen LogP contribution in [0.3, 0.4) is 0 Å². The fourth-order valence-electron chi connectivity index (χ4n) is 4.75. The molecule has 1 saturated carbocycles. The number of benzene rings is 2. The summed E-state index contributed by atoms with van der Waals surface area (Å²) in [6.07, 6.45) is 7.59. The van der Waals surface area contributed by atoms with E-state index in [1.807, 2.05) is 30.5 Å². The third kappa shape index (κ3) is 5.36. The predicted molar refractivity (Wildman–Crippen MR) is 126 cm³/mol. The number of nitrogens with zero attached hydrogens (tertiary/aromatic N) is 1. The number of hydrogen-bond donors (Lipinski definition) is 1. The van der Waals surface area contributed by atoms with Gasteiger partial charge in [0.15, 0.2) is 5.78 Å². The largest absolute Gasteiger partial charge is 0.512 e. The van der Waals surface area contributed by atoms with Crippen molar-refractivity contribution in [3.63, 3.8) is 0 Å². The number of rotatable bonds is 2. The quantitative estimate of drug-likeness (QED) is 0.316. The van der Waals surface area contributed by atoms with Crippen molar-refractivity contribution < 1.29 is 30.0 Å². The van der Waals surface area contributed by atoms with E-state index in [0.717, 1.165) is 48.9 Å². The maximum Gasteiger partial charge on any atom is 0.162 e. The van der Waals surface area contributed by atoms with Gasteiger partial charge in [-0.25, -0.2) is 0 Å². The number of aromatic nitrogens is 1. The first kappa shape index (κ1) is 24.4. The maximum absolute atomic E-state index is 11.4. The Labute approximate surface area is 204 Å². The molecular formula is C28H30IrNO2-. The molecule has 1 aromatic heterocycles. The van der Waals surface area contributed by atoms with Gasteiger partial charge in [-0.2, -0.15) is 0 Å². The molecule has 1 radical (unpaired) electrons. The summed E-state index contributed by atoms with van der Waals surface area (Å²) in [5.41, 5.74) is 4.17. The molecule has 2 aliphatic rings. The van der Waals surface area contributed by atoms with Crippen LogP contribution in [0.5, 0.6) is 0 Å². The number of Topliss-reactive ketones (excluding diaryl/α,β-unsaturated/α-hetero) is 1. The number of carbonyl (C=O) groups excluding carboxylic acids is 1. The summed E-state index contributed by atoms with van der Waals surface area (Å²) in [7, 11) is 0. The van der Waals surface area contributed by atoms with Crippen LogP contribution >= 0.6 is 0 Å². The van der Waals surface area contributed by atoms with E-state index >= 15 is 0 Å². The van der Waals surface area contributed by atoms with Crippen LogP contribution in [0.1, 0.15) is 63.9 Å². The fourth-order valence-corrected chi connectivity index (χ4v) is 4.75. The average Bonchev–Trinajstić information content (AvgIpc) is 2.79. The Hall–Kier alpha value is -2.29. The third-order valence-corrected chi connectivity index (χ3v) is 6.35. The summed E-state index contributed by atoms with van der Waals surface area (Å²) in [5, 5.41) is 12.0. The van der Waals surface area contributed by atoms with Crippen LogP contribution in [0.4, 0.5) is 0 Å². The number of aliphatic hydroxyl groups excluding tert-OH is 1. The van der Waals surface area contributed by atoms with Gasteiger partial charge in [-0.1, -0.05) is 38.1 Å². The number of hydrogen-bond acceptors (Lipinski definition) is 3. The van der Waals surface area contributed by atoms with Gasteiger partial charge in [0.1, 0.15) is 0 Å². The molecule has 2 aliphatic carbocycles. The smallest absolute Gasteiger partial charge is 0.162 e. The zero-order valence-corrected chi connectivity index (χ0v) is 21.1.